The normalized spacial score (nSPS) is 39.0. The van der Waals surface area contributed by atoms with Crippen LogP contribution in [0.2, 0.25) is 0 Å². The third kappa shape index (κ3) is 1.59. The van der Waals surface area contributed by atoms with Crippen LogP contribution in [0.5, 0.6) is 0 Å². The summed E-state index contributed by atoms with van der Waals surface area (Å²) in [6, 6.07) is 3.21. The van der Waals surface area contributed by atoms with Gasteiger partial charge in [-0.2, -0.15) is 4.39 Å². The monoisotopic (exact) mass is 330 g/mol. The van der Waals surface area contributed by atoms with Crippen molar-refractivity contribution < 1.29 is 18.9 Å². The summed E-state index contributed by atoms with van der Waals surface area (Å²) in [5, 5.41) is 10.9. The Labute approximate surface area is 136 Å². The van der Waals surface area contributed by atoms with Crippen LogP contribution in [0, 0.1) is 51.4 Å². The van der Waals surface area contributed by atoms with E-state index in [1.54, 1.807) is 0 Å². The third-order valence-electron chi connectivity index (χ3n) is 6.53. The van der Waals surface area contributed by atoms with Gasteiger partial charge in [-0.15, -0.1) is 0 Å². The maximum Gasteiger partial charge on any atom is 0.306 e. The van der Waals surface area contributed by atoms with Gasteiger partial charge in [-0.25, -0.2) is 4.90 Å². The fraction of sp³-hybridized carbons (Fsp3) is 0.529. The average molecular weight is 330 g/mol. The van der Waals surface area contributed by atoms with Gasteiger partial charge >= 0.3 is 5.69 Å². The number of hydrogen-bond acceptors (Lipinski definition) is 4. The molecule has 5 fully saturated rings. The van der Waals surface area contributed by atoms with Crippen molar-refractivity contribution in [1.29, 1.82) is 0 Å². The van der Waals surface area contributed by atoms with E-state index >= 15 is 0 Å². The molecule has 6 rings (SSSR count). The predicted molar refractivity (Wildman–Crippen MR) is 80.3 cm³/mol. The SMILES string of the molecule is O=C1C2C(C(=O)N1c1ccc(F)c([N+](=O)[O-])c1)[C@H]1CC[C@H]2[C@@H]2C[C@@H]21. The highest BCUT2D eigenvalue weighted by Gasteiger charge is 2.68. The molecule has 1 aromatic carbocycles. The molecule has 1 aromatic rings. The first-order valence-electron chi connectivity index (χ1n) is 8.31. The summed E-state index contributed by atoms with van der Waals surface area (Å²) in [7, 11) is 0. The van der Waals surface area contributed by atoms with E-state index < -0.39 is 16.4 Å². The van der Waals surface area contributed by atoms with Gasteiger partial charge in [0.25, 0.3) is 0 Å². The molecular formula is C17H15FN2O4. The van der Waals surface area contributed by atoms with Gasteiger partial charge in [0.2, 0.25) is 17.6 Å². The van der Waals surface area contributed by atoms with E-state index in [1.165, 1.54) is 6.07 Å². The molecule has 1 aliphatic heterocycles. The standard InChI is InChI=1S/C17H15FN2O4/c18-12-4-1-7(5-13(12)20(23)24)19-16(21)14-8-2-3-9(11-6-10(8)11)15(14)17(19)22/h1,4-5,8-11,14-15H,2-3,6H2/t8-,9-,10-,11+,14?,15?/m0/s1. The number of carbonyl (C=O) groups is 2. The molecule has 2 amide bonds. The largest absolute Gasteiger partial charge is 0.306 e. The van der Waals surface area contributed by atoms with Crippen molar-refractivity contribution in [2.75, 3.05) is 4.90 Å². The quantitative estimate of drug-likeness (QED) is 0.474. The molecule has 6 nitrogen and oxygen atoms in total. The number of carbonyl (C=O) groups excluding carboxylic acids is 2. The molecule has 1 heterocycles. The lowest BCUT2D eigenvalue weighted by Crippen LogP contribution is -2.43. The molecule has 6 atom stereocenters. The van der Waals surface area contributed by atoms with E-state index in [4.69, 9.17) is 0 Å². The van der Waals surface area contributed by atoms with Crippen molar-refractivity contribution in [1.82, 2.24) is 0 Å². The van der Waals surface area contributed by atoms with Gasteiger partial charge in [0, 0.05) is 6.07 Å². The van der Waals surface area contributed by atoms with E-state index in [-0.39, 0.29) is 41.2 Å². The fourth-order valence-corrected chi connectivity index (χ4v) is 5.57. The number of hydrogen-bond donors (Lipinski definition) is 0. The summed E-state index contributed by atoms with van der Waals surface area (Å²) in [5.41, 5.74) is -0.602. The van der Waals surface area contributed by atoms with Gasteiger partial charge in [-0.3, -0.25) is 19.7 Å². The number of benzene rings is 1. The lowest BCUT2D eigenvalue weighted by molar-refractivity contribution is -0.387. The topological polar surface area (TPSA) is 80.5 Å². The molecule has 24 heavy (non-hydrogen) atoms. The Hall–Kier alpha value is -2.31. The average Bonchev–Trinajstić information content (AvgIpc) is 3.33. The molecule has 5 aliphatic rings. The minimum absolute atomic E-state index is 0.112. The van der Waals surface area contributed by atoms with Gasteiger partial charge in [0.1, 0.15) is 0 Å². The number of rotatable bonds is 2. The number of imide groups is 1. The number of fused-ring (bicyclic) bond motifs is 1. The number of nitro benzene ring substituents is 1. The zero-order valence-corrected chi connectivity index (χ0v) is 12.7. The second-order valence-electron chi connectivity index (χ2n) is 7.42. The molecule has 4 aliphatic carbocycles. The van der Waals surface area contributed by atoms with Gasteiger partial charge in [-0.1, -0.05) is 0 Å². The summed E-state index contributed by atoms with van der Waals surface area (Å²) < 4.78 is 13.6. The highest BCUT2D eigenvalue weighted by molar-refractivity contribution is 6.22. The second-order valence-corrected chi connectivity index (χ2v) is 7.42. The van der Waals surface area contributed by atoms with E-state index in [1.807, 2.05) is 0 Å². The van der Waals surface area contributed by atoms with Crippen molar-refractivity contribution in [2.24, 2.45) is 35.5 Å². The Morgan fingerprint density at radius 1 is 1.04 bits per heavy atom. The van der Waals surface area contributed by atoms with E-state index in [2.05, 4.69) is 0 Å². The van der Waals surface area contributed by atoms with Crippen LogP contribution in [0.4, 0.5) is 15.8 Å². The third-order valence-corrected chi connectivity index (χ3v) is 6.53. The zero-order valence-electron chi connectivity index (χ0n) is 12.7. The maximum atomic E-state index is 13.6. The second kappa shape index (κ2) is 4.40. The van der Waals surface area contributed by atoms with Crippen molar-refractivity contribution in [2.45, 2.75) is 19.3 Å². The van der Waals surface area contributed by atoms with Crippen LogP contribution in [0.3, 0.4) is 0 Å². The zero-order chi connectivity index (χ0) is 16.7. The smallest absolute Gasteiger partial charge is 0.274 e. The Kier molecular flexibility index (Phi) is 2.58. The van der Waals surface area contributed by atoms with Crippen LogP contribution in [0.15, 0.2) is 18.2 Å². The minimum Gasteiger partial charge on any atom is -0.274 e. The van der Waals surface area contributed by atoms with E-state index in [9.17, 15) is 24.1 Å². The summed E-state index contributed by atoms with van der Waals surface area (Å²) in [4.78, 5) is 37.0. The molecule has 2 unspecified atom stereocenters. The van der Waals surface area contributed by atoms with Crippen molar-refractivity contribution >= 4 is 23.2 Å². The van der Waals surface area contributed by atoms with Crippen LogP contribution in [-0.2, 0) is 9.59 Å². The van der Waals surface area contributed by atoms with Crippen molar-refractivity contribution in [3.63, 3.8) is 0 Å². The van der Waals surface area contributed by atoms with Gasteiger partial charge in [0.05, 0.1) is 22.4 Å². The van der Waals surface area contributed by atoms with Gasteiger partial charge in [0.15, 0.2) is 0 Å². The highest BCUT2D eigenvalue weighted by atomic mass is 19.1. The van der Waals surface area contributed by atoms with Crippen LogP contribution in [0.1, 0.15) is 19.3 Å². The lowest BCUT2D eigenvalue weighted by Gasteiger charge is -2.42. The molecule has 2 bridgehead atoms. The van der Waals surface area contributed by atoms with Gasteiger partial charge in [-0.05, 0) is 55.1 Å². The van der Waals surface area contributed by atoms with Crippen molar-refractivity contribution in [3.8, 4) is 0 Å². The molecule has 124 valence electrons. The molecule has 1 saturated heterocycles. The summed E-state index contributed by atoms with van der Waals surface area (Å²) in [6.45, 7) is 0. The predicted octanol–water partition coefficient (Wildman–Crippen LogP) is 2.52. The summed E-state index contributed by atoms with van der Waals surface area (Å²) in [6.07, 6.45) is 3.11. The van der Waals surface area contributed by atoms with Crippen LogP contribution in [-0.4, -0.2) is 16.7 Å². The number of nitrogens with zero attached hydrogens (tertiary/aromatic N) is 2. The number of amides is 2. The Bertz CT molecular complexity index is 776. The molecule has 0 radical (unpaired) electrons. The van der Waals surface area contributed by atoms with Gasteiger partial charge < -0.3 is 0 Å². The van der Waals surface area contributed by atoms with Crippen LogP contribution >= 0.6 is 0 Å². The molecule has 0 aromatic heterocycles. The highest BCUT2D eigenvalue weighted by Crippen LogP contribution is 2.68. The Morgan fingerprint density at radius 3 is 2.17 bits per heavy atom. The maximum absolute atomic E-state index is 13.6. The first-order valence-corrected chi connectivity index (χ1v) is 8.31. The Balaban J connectivity index is 1.56. The first kappa shape index (κ1) is 14.1. The summed E-state index contributed by atoms with van der Waals surface area (Å²) in [5.74, 6) is -0.385. The molecule has 0 N–H and O–H groups in total. The number of halogens is 1. The van der Waals surface area contributed by atoms with Crippen LogP contribution in [0.25, 0.3) is 0 Å². The molecular weight excluding hydrogens is 315 g/mol. The minimum atomic E-state index is -0.971. The molecule has 7 heteroatoms. The molecule has 4 saturated carbocycles. The number of nitro groups is 1. The summed E-state index contributed by atoms with van der Waals surface area (Å²) >= 11 is 0. The number of anilines is 1. The molecule has 0 spiro atoms. The fourth-order valence-electron chi connectivity index (χ4n) is 5.57. The van der Waals surface area contributed by atoms with E-state index in [0.29, 0.717) is 11.8 Å². The van der Waals surface area contributed by atoms with Crippen molar-refractivity contribution in [3.05, 3.63) is 34.1 Å². The first-order chi connectivity index (χ1) is 11.5. The Morgan fingerprint density at radius 2 is 1.62 bits per heavy atom. The van der Waals surface area contributed by atoms with Crippen LogP contribution < -0.4 is 4.90 Å². The lowest BCUT2D eigenvalue weighted by atomic mass is 9.59. The van der Waals surface area contributed by atoms with E-state index in [0.717, 1.165) is 36.3 Å².